The predicted octanol–water partition coefficient (Wildman–Crippen LogP) is 3.06. The number of nitrogens with one attached hydrogen (secondary N) is 2. The van der Waals surface area contributed by atoms with E-state index in [1.54, 1.807) is 7.11 Å². The number of hydrogen-bond acceptors (Lipinski definition) is 10. The first kappa shape index (κ1) is 27.1. The number of fused-ring (bicyclic) bond motifs is 2. The number of pyridine rings is 1. The first-order chi connectivity index (χ1) is 19.8. The van der Waals surface area contributed by atoms with E-state index in [0.717, 1.165) is 68.2 Å². The zero-order valence-electron chi connectivity index (χ0n) is 24.4. The minimum atomic E-state index is 0.272. The summed E-state index contributed by atoms with van der Waals surface area (Å²) in [6.45, 7) is 10.1. The van der Waals surface area contributed by atoms with Gasteiger partial charge in [0, 0.05) is 82.1 Å². The summed E-state index contributed by atoms with van der Waals surface area (Å²) in [7, 11) is 3.72. The number of allylic oxidation sites excluding steroid dienone is 2. The highest BCUT2D eigenvalue weighted by Crippen LogP contribution is 2.37. The smallest absolute Gasteiger partial charge is 0.212 e. The Hall–Kier alpha value is -4.10. The molecule has 1 aromatic heterocycles. The predicted molar refractivity (Wildman–Crippen MR) is 159 cm³/mol. The molecule has 0 saturated carbocycles. The number of dihydropyridines is 1. The molecule has 214 valence electrons. The minimum absolute atomic E-state index is 0.272. The average Bonchev–Trinajstić information content (AvgIpc) is 3.36. The maximum Gasteiger partial charge on any atom is 0.212 e. The summed E-state index contributed by atoms with van der Waals surface area (Å²) in [5.74, 6) is 1.73. The Labute approximate surface area is 242 Å². The molecule has 2 unspecified atom stereocenters. The summed E-state index contributed by atoms with van der Waals surface area (Å²) in [6.07, 6.45) is 11.5. The summed E-state index contributed by atoms with van der Waals surface area (Å²) in [5.41, 5.74) is 5.40. The Bertz CT molecular complexity index is 1400. The van der Waals surface area contributed by atoms with Gasteiger partial charge in [0.15, 0.2) is 0 Å². The van der Waals surface area contributed by atoms with Crippen molar-refractivity contribution in [1.29, 1.82) is 10.7 Å². The summed E-state index contributed by atoms with van der Waals surface area (Å²) in [4.78, 5) is 19.0. The number of likely N-dealkylation sites (tertiary alicyclic amines) is 1. The number of amidine groups is 1. The van der Waals surface area contributed by atoms with Gasteiger partial charge in [-0.25, -0.2) is 9.98 Å². The molecular weight excluding hydrogens is 514 g/mol. The molecular formula is C31H39N9O. The number of rotatable bonds is 6. The lowest BCUT2D eigenvalue weighted by molar-refractivity contribution is -0.0547. The SMILES string of the molecule is COc1ccc(CN2C3CC2CN(C2=NC=C(C4=CC(N5CCC(C)(C)C5)=CN/C4=C(/C#N)C=N)N(C)C2)C3)cn1. The molecule has 0 amide bonds. The third-order valence-corrected chi connectivity index (χ3v) is 8.99. The fourth-order valence-electron chi connectivity index (χ4n) is 6.61. The van der Waals surface area contributed by atoms with Crippen molar-refractivity contribution in [3.05, 3.63) is 70.6 Å². The van der Waals surface area contributed by atoms with Crippen LogP contribution in [0.15, 0.2) is 70.0 Å². The van der Waals surface area contributed by atoms with E-state index in [-0.39, 0.29) is 5.41 Å². The van der Waals surface area contributed by atoms with Gasteiger partial charge in [-0.2, -0.15) is 5.26 Å². The van der Waals surface area contributed by atoms with Crippen LogP contribution < -0.4 is 10.1 Å². The number of hydrogen-bond donors (Lipinski definition) is 2. The van der Waals surface area contributed by atoms with Crippen LogP contribution in [-0.2, 0) is 6.54 Å². The second kappa shape index (κ2) is 10.7. The molecule has 10 nitrogen and oxygen atoms in total. The number of nitriles is 1. The van der Waals surface area contributed by atoms with Crippen LogP contribution in [0.2, 0.25) is 0 Å². The van der Waals surface area contributed by atoms with Gasteiger partial charge in [0.25, 0.3) is 0 Å². The Morgan fingerprint density at radius 3 is 2.68 bits per heavy atom. The van der Waals surface area contributed by atoms with Crippen LogP contribution in [0.3, 0.4) is 0 Å². The van der Waals surface area contributed by atoms with Crippen LogP contribution in [0.1, 0.15) is 32.3 Å². The second-order valence-corrected chi connectivity index (χ2v) is 12.4. The standard InChI is InChI=1S/C31H39N9O/c1-31(2)7-8-38(20-31)23-10-26(30(36-14-23)22(11-32)12-33)27-15-34-28(19-37(27)3)39-17-24-9-25(18-39)40(24)16-21-5-6-29(41-4)35-13-21/h5-6,10-11,13-15,24-25,32,36H,7-9,16-20H2,1-4H3/b30-22+,32-11?. The molecule has 6 aliphatic heterocycles. The lowest BCUT2D eigenvalue weighted by atomic mass is 9.86. The van der Waals surface area contributed by atoms with Gasteiger partial charge in [-0.1, -0.05) is 19.9 Å². The highest BCUT2D eigenvalue weighted by Gasteiger charge is 2.45. The van der Waals surface area contributed by atoms with E-state index in [2.05, 4.69) is 69.0 Å². The molecule has 10 heteroatoms. The van der Waals surface area contributed by atoms with Crippen molar-refractivity contribution in [2.24, 2.45) is 10.4 Å². The average molecular weight is 554 g/mol. The topological polar surface area (TPSA) is 107 Å². The Morgan fingerprint density at radius 2 is 2.07 bits per heavy atom. The molecule has 1 aromatic rings. The van der Waals surface area contributed by atoms with Crippen molar-refractivity contribution in [1.82, 2.24) is 29.9 Å². The highest BCUT2D eigenvalue weighted by molar-refractivity contribution is 5.87. The van der Waals surface area contributed by atoms with Gasteiger partial charge in [0.2, 0.25) is 5.88 Å². The van der Waals surface area contributed by atoms with Gasteiger partial charge in [0.05, 0.1) is 42.5 Å². The summed E-state index contributed by atoms with van der Waals surface area (Å²) < 4.78 is 5.20. The van der Waals surface area contributed by atoms with Crippen molar-refractivity contribution in [3.63, 3.8) is 0 Å². The van der Waals surface area contributed by atoms with Crippen molar-refractivity contribution < 1.29 is 4.74 Å². The van der Waals surface area contributed by atoms with E-state index in [1.165, 1.54) is 12.0 Å². The number of ether oxygens (including phenoxy) is 1. The van der Waals surface area contributed by atoms with Crippen molar-refractivity contribution >= 4 is 12.1 Å². The number of methoxy groups -OCH3 is 1. The van der Waals surface area contributed by atoms with Gasteiger partial charge in [0.1, 0.15) is 11.9 Å². The maximum absolute atomic E-state index is 9.75. The molecule has 0 aromatic carbocycles. The molecule has 4 saturated heterocycles. The molecule has 2 atom stereocenters. The number of nitrogens with zero attached hydrogens (tertiary/aromatic N) is 7. The van der Waals surface area contributed by atoms with Gasteiger partial charge in [-0.15, -0.1) is 0 Å². The zero-order valence-corrected chi connectivity index (χ0v) is 24.4. The third kappa shape index (κ3) is 5.22. The molecule has 41 heavy (non-hydrogen) atoms. The van der Waals surface area contributed by atoms with Gasteiger partial charge in [-0.05, 0) is 29.9 Å². The summed E-state index contributed by atoms with van der Waals surface area (Å²) >= 11 is 0. The van der Waals surface area contributed by atoms with Crippen molar-refractivity contribution in [2.75, 3.05) is 46.9 Å². The van der Waals surface area contributed by atoms with Gasteiger partial charge in [-0.3, -0.25) is 4.90 Å². The molecule has 7 heterocycles. The summed E-state index contributed by atoms with van der Waals surface area (Å²) in [5, 5.41) is 20.9. The number of aliphatic imine (C=N–C) groups is 1. The molecule has 4 fully saturated rings. The van der Waals surface area contributed by atoms with Crippen molar-refractivity contribution in [2.45, 2.75) is 45.3 Å². The first-order valence-electron chi connectivity index (χ1n) is 14.3. The van der Waals surface area contributed by atoms with E-state index in [1.807, 2.05) is 24.7 Å². The largest absolute Gasteiger partial charge is 0.481 e. The van der Waals surface area contributed by atoms with Crippen LogP contribution in [-0.4, -0.2) is 95.6 Å². The second-order valence-electron chi connectivity index (χ2n) is 12.4. The molecule has 2 N–H and O–H groups in total. The number of piperazine rings is 1. The van der Waals surface area contributed by atoms with E-state index in [9.17, 15) is 5.26 Å². The Balaban J connectivity index is 1.19. The normalized spacial score (nSPS) is 26.6. The lowest BCUT2D eigenvalue weighted by Gasteiger charge is -2.57. The molecule has 7 rings (SSSR count). The van der Waals surface area contributed by atoms with Crippen LogP contribution in [0.4, 0.5) is 0 Å². The van der Waals surface area contributed by atoms with E-state index < -0.39 is 0 Å². The minimum Gasteiger partial charge on any atom is -0.481 e. The number of aromatic nitrogens is 1. The Kier molecular flexibility index (Phi) is 7.08. The summed E-state index contributed by atoms with van der Waals surface area (Å²) in [6, 6.07) is 7.24. The van der Waals surface area contributed by atoms with Gasteiger partial charge < -0.3 is 30.2 Å². The molecule has 0 aliphatic carbocycles. The van der Waals surface area contributed by atoms with Crippen LogP contribution in [0.25, 0.3) is 0 Å². The van der Waals surface area contributed by atoms with E-state index >= 15 is 0 Å². The van der Waals surface area contributed by atoms with Crippen molar-refractivity contribution in [3.8, 4) is 11.9 Å². The lowest BCUT2D eigenvalue weighted by Crippen LogP contribution is -2.69. The van der Waals surface area contributed by atoms with Crippen LogP contribution in [0.5, 0.6) is 5.88 Å². The fraction of sp³-hybridized carbons (Fsp3) is 0.484. The zero-order chi connectivity index (χ0) is 28.7. The third-order valence-electron chi connectivity index (χ3n) is 8.99. The molecule has 6 aliphatic rings. The molecule has 0 spiro atoms. The first-order valence-corrected chi connectivity index (χ1v) is 14.3. The van der Waals surface area contributed by atoms with Crippen LogP contribution >= 0.6 is 0 Å². The Morgan fingerprint density at radius 1 is 1.27 bits per heavy atom. The quantitative estimate of drug-likeness (QED) is 0.409. The fourth-order valence-corrected chi connectivity index (χ4v) is 6.61. The van der Waals surface area contributed by atoms with E-state index in [0.29, 0.717) is 35.8 Å². The van der Waals surface area contributed by atoms with Gasteiger partial charge >= 0.3 is 0 Å². The maximum atomic E-state index is 9.75. The molecule has 0 radical (unpaired) electrons. The van der Waals surface area contributed by atoms with Crippen LogP contribution in [0, 0.1) is 22.2 Å². The van der Waals surface area contributed by atoms with E-state index in [4.69, 9.17) is 15.1 Å². The number of likely N-dealkylation sites (N-methyl/N-ethyl adjacent to an activating group) is 1. The highest BCUT2D eigenvalue weighted by atomic mass is 16.5. The molecule has 2 bridgehead atoms. The monoisotopic (exact) mass is 553 g/mol. The number of piperidine rings is 1.